The van der Waals surface area contributed by atoms with E-state index in [4.69, 9.17) is 15.2 Å². The first-order valence-electron chi connectivity index (χ1n) is 7.61. The zero-order chi connectivity index (χ0) is 19.1. The molecule has 0 unspecified atom stereocenters. The number of hydrogen-bond acceptors (Lipinski definition) is 8. The third-order valence-corrected chi connectivity index (χ3v) is 5.21. The summed E-state index contributed by atoms with van der Waals surface area (Å²) in [5.74, 6) is -0.341. The molecule has 2 aromatic heterocycles. The molecule has 7 nitrogen and oxygen atoms in total. The monoisotopic (exact) mass is 393 g/mol. The molecule has 2 atom stereocenters. The van der Waals surface area contributed by atoms with Gasteiger partial charge in [-0.15, -0.1) is 22.7 Å². The van der Waals surface area contributed by atoms with Gasteiger partial charge in [-0.1, -0.05) is 13.0 Å². The summed E-state index contributed by atoms with van der Waals surface area (Å²) in [6, 6.07) is 0. The number of nitrogens with two attached hydrogens (primary N) is 1. The maximum Gasteiger partial charge on any atom is 0.244 e. The van der Waals surface area contributed by atoms with Crippen molar-refractivity contribution in [1.29, 1.82) is 0 Å². The highest BCUT2D eigenvalue weighted by atomic mass is 32.1. The Hall–Kier alpha value is -2.36. The fraction of sp³-hybridized carbons (Fsp3) is 0.294. The molecule has 0 spiro atoms. The van der Waals surface area contributed by atoms with E-state index in [1.807, 2.05) is 24.5 Å². The molecular formula is C17H19N3O4S2. The summed E-state index contributed by atoms with van der Waals surface area (Å²) in [6.07, 6.45) is 5.31. The SMILES string of the molecule is CO/C(=C/C(N)=O)[C@H](C)[C@H](/C=C/c1csc(-c2csc(C=O)n2)n1)OC. The van der Waals surface area contributed by atoms with Crippen molar-refractivity contribution in [2.75, 3.05) is 14.2 Å². The van der Waals surface area contributed by atoms with Gasteiger partial charge in [0.05, 0.1) is 18.9 Å². The van der Waals surface area contributed by atoms with E-state index in [9.17, 15) is 9.59 Å². The van der Waals surface area contributed by atoms with Crippen LogP contribution in [0.4, 0.5) is 0 Å². The molecule has 1 amide bonds. The number of primary amides is 1. The molecule has 9 heteroatoms. The lowest BCUT2D eigenvalue weighted by Gasteiger charge is -2.21. The summed E-state index contributed by atoms with van der Waals surface area (Å²) in [6.45, 7) is 1.87. The van der Waals surface area contributed by atoms with Crippen LogP contribution >= 0.6 is 22.7 Å². The Morgan fingerprint density at radius 2 is 2.04 bits per heavy atom. The van der Waals surface area contributed by atoms with E-state index in [0.29, 0.717) is 16.5 Å². The fourth-order valence-corrected chi connectivity index (χ4v) is 3.67. The van der Waals surface area contributed by atoms with Crippen molar-refractivity contribution < 1.29 is 19.1 Å². The third kappa shape index (κ3) is 5.07. The van der Waals surface area contributed by atoms with Crippen LogP contribution in [0, 0.1) is 5.92 Å². The Bertz CT molecular complexity index is 826. The Kier molecular flexibility index (Phi) is 7.19. The number of methoxy groups -OCH3 is 2. The van der Waals surface area contributed by atoms with Crippen molar-refractivity contribution >= 4 is 40.9 Å². The van der Waals surface area contributed by atoms with Crippen LogP contribution in [-0.2, 0) is 14.3 Å². The highest BCUT2D eigenvalue weighted by molar-refractivity contribution is 7.14. The molecular weight excluding hydrogens is 374 g/mol. The molecule has 0 radical (unpaired) electrons. The van der Waals surface area contributed by atoms with Crippen LogP contribution < -0.4 is 5.73 Å². The fourth-order valence-electron chi connectivity index (χ4n) is 2.24. The molecule has 26 heavy (non-hydrogen) atoms. The Balaban J connectivity index is 2.14. The number of carbonyl (C=O) groups excluding carboxylic acids is 2. The average molecular weight is 393 g/mol. The first-order valence-corrected chi connectivity index (χ1v) is 9.37. The number of amides is 1. The van der Waals surface area contributed by atoms with E-state index in [1.165, 1.54) is 35.9 Å². The highest BCUT2D eigenvalue weighted by Gasteiger charge is 2.20. The molecule has 0 fully saturated rings. The molecule has 2 heterocycles. The van der Waals surface area contributed by atoms with Crippen LogP contribution in [0.3, 0.4) is 0 Å². The predicted octanol–water partition coefficient (Wildman–Crippen LogP) is 2.76. The molecule has 0 aliphatic rings. The van der Waals surface area contributed by atoms with Gasteiger partial charge in [-0.05, 0) is 6.08 Å². The average Bonchev–Trinajstić information content (AvgIpc) is 3.28. The van der Waals surface area contributed by atoms with Crippen LogP contribution in [0.2, 0.25) is 0 Å². The first-order chi connectivity index (χ1) is 12.5. The zero-order valence-corrected chi connectivity index (χ0v) is 16.2. The Morgan fingerprint density at radius 1 is 1.27 bits per heavy atom. The highest BCUT2D eigenvalue weighted by Crippen LogP contribution is 2.26. The van der Waals surface area contributed by atoms with Gasteiger partial charge in [-0.25, -0.2) is 9.97 Å². The second-order valence-electron chi connectivity index (χ2n) is 5.27. The number of aldehydes is 1. The number of hydrogen-bond donors (Lipinski definition) is 1. The lowest BCUT2D eigenvalue weighted by atomic mass is 10.0. The number of ether oxygens (including phenoxy) is 2. The lowest BCUT2D eigenvalue weighted by molar-refractivity contribution is -0.113. The second-order valence-corrected chi connectivity index (χ2v) is 7.02. The van der Waals surface area contributed by atoms with E-state index in [0.717, 1.165) is 17.0 Å². The van der Waals surface area contributed by atoms with Gasteiger partial charge in [0.1, 0.15) is 16.5 Å². The van der Waals surface area contributed by atoms with Gasteiger partial charge in [0.15, 0.2) is 11.3 Å². The van der Waals surface area contributed by atoms with Crippen molar-refractivity contribution in [3.05, 3.63) is 39.4 Å². The van der Waals surface area contributed by atoms with Crippen molar-refractivity contribution in [3.8, 4) is 10.7 Å². The molecule has 2 N–H and O–H groups in total. The minimum Gasteiger partial charge on any atom is -0.501 e. The van der Waals surface area contributed by atoms with Crippen LogP contribution in [0.5, 0.6) is 0 Å². The van der Waals surface area contributed by atoms with Gasteiger partial charge >= 0.3 is 0 Å². The van der Waals surface area contributed by atoms with Crippen LogP contribution in [-0.4, -0.2) is 42.5 Å². The van der Waals surface area contributed by atoms with Gasteiger partial charge in [0.2, 0.25) is 5.91 Å². The van der Waals surface area contributed by atoms with E-state index in [2.05, 4.69) is 9.97 Å². The van der Waals surface area contributed by atoms with E-state index in [-0.39, 0.29) is 12.0 Å². The molecule has 0 aliphatic carbocycles. The molecule has 0 aromatic carbocycles. The molecule has 0 saturated heterocycles. The Labute approximate surface area is 159 Å². The van der Waals surface area contributed by atoms with Crippen molar-refractivity contribution in [3.63, 3.8) is 0 Å². The summed E-state index contributed by atoms with van der Waals surface area (Å²) >= 11 is 2.72. The molecule has 0 saturated carbocycles. The summed E-state index contributed by atoms with van der Waals surface area (Å²) < 4.78 is 10.7. The van der Waals surface area contributed by atoms with E-state index >= 15 is 0 Å². The topological polar surface area (TPSA) is 104 Å². The van der Waals surface area contributed by atoms with Gasteiger partial charge in [-0.2, -0.15) is 0 Å². The molecule has 138 valence electrons. The minimum absolute atomic E-state index is 0.208. The summed E-state index contributed by atoms with van der Waals surface area (Å²) in [5.41, 5.74) is 6.63. The van der Waals surface area contributed by atoms with Gasteiger partial charge in [0, 0.05) is 29.9 Å². The number of aromatic nitrogens is 2. The zero-order valence-electron chi connectivity index (χ0n) is 14.5. The van der Waals surface area contributed by atoms with Gasteiger partial charge in [0.25, 0.3) is 0 Å². The molecule has 0 aliphatic heterocycles. The van der Waals surface area contributed by atoms with Crippen LogP contribution in [0.15, 0.2) is 28.7 Å². The summed E-state index contributed by atoms with van der Waals surface area (Å²) in [7, 11) is 3.06. The first kappa shape index (κ1) is 20.0. The molecule has 2 rings (SSSR count). The number of thiazole rings is 2. The normalized spacial score (nSPS) is 14.3. The van der Waals surface area contributed by atoms with E-state index in [1.54, 1.807) is 12.5 Å². The third-order valence-electron chi connectivity index (χ3n) is 3.55. The van der Waals surface area contributed by atoms with E-state index < -0.39 is 5.91 Å². The van der Waals surface area contributed by atoms with Gasteiger partial charge in [-0.3, -0.25) is 9.59 Å². The van der Waals surface area contributed by atoms with Gasteiger partial charge < -0.3 is 15.2 Å². The quantitative estimate of drug-likeness (QED) is 0.399. The molecule has 2 aromatic rings. The van der Waals surface area contributed by atoms with Crippen LogP contribution in [0.25, 0.3) is 16.8 Å². The largest absolute Gasteiger partial charge is 0.501 e. The van der Waals surface area contributed by atoms with Crippen molar-refractivity contribution in [1.82, 2.24) is 9.97 Å². The second kappa shape index (κ2) is 9.37. The predicted molar refractivity (Wildman–Crippen MR) is 102 cm³/mol. The molecule has 0 bridgehead atoms. The number of rotatable bonds is 9. The summed E-state index contributed by atoms with van der Waals surface area (Å²) in [5, 5.41) is 4.85. The maximum atomic E-state index is 11.1. The standard InChI is InChI=1S/C17H19N3O4S2/c1-10(14(24-3)6-15(18)22)13(23-2)5-4-11-8-26-17(19-11)12-9-25-16(7-21)20-12/h4-10,13H,1-3H3,(H2,18,22)/b5-4+,14-6+/t10-,13+/m1/s1. The lowest BCUT2D eigenvalue weighted by Crippen LogP contribution is -2.22. The Morgan fingerprint density at radius 3 is 2.62 bits per heavy atom. The van der Waals surface area contributed by atoms with Crippen molar-refractivity contribution in [2.45, 2.75) is 13.0 Å². The van der Waals surface area contributed by atoms with Crippen molar-refractivity contribution in [2.24, 2.45) is 11.7 Å². The smallest absolute Gasteiger partial charge is 0.244 e. The number of carbonyl (C=O) groups is 2. The summed E-state index contributed by atoms with van der Waals surface area (Å²) in [4.78, 5) is 30.5. The maximum absolute atomic E-state index is 11.1. The number of nitrogens with zero attached hydrogens (tertiary/aromatic N) is 2. The minimum atomic E-state index is -0.574. The van der Waals surface area contributed by atoms with Crippen LogP contribution in [0.1, 0.15) is 22.4 Å².